The Morgan fingerprint density at radius 3 is 2.50 bits per heavy atom. The van der Waals surface area contributed by atoms with Crippen LogP contribution in [0.4, 0.5) is 5.69 Å². The van der Waals surface area contributed by atoms with Gasteiger partial charge in [-0.3, -0.25) is 9.59 Å². The van der Waals surface area contributed by atoms with Crippen LogP contribution in [-0.2, 0) is 20.7 Å². The highest BCUT2D eigenvalue weighted by atomic mass is 16.5. The Hall–Kier alpha value is -3.06. The Labute approximate surface area is 176 Å². The molecular formula is C23H28N2O5. The summed E-state index contributed by atoms with van der Waals surface area (Å²) in [5.74, 6) is -0.329. The molecule has 0 bridgehead atoms. The van der Waals surface area contributed by atoms with Crippen molar-refractivity contribution in [3.63, 3.8) is 0 Å². The number of phenolic OH excluding ortho intramolecular Hbond substituents is 1. The number of aromatic hydroxyl groups is 1. The number of benzene rings is 2. The van der Waals surface area contributed by atoms with Crippen molar-refractivity contribution in [3.8, 4) is 11.5 Å². The summed E-state index contributed by atoms with van der Waals surface area (Å²) in [7, 11) is 5.46. The topological polar surface area (TPSA) is 79.3 Å². The van der Waals surface area contributed by atoms with E-state index in [1.165, 1.54) is 6.92 Å². The van der Waals surface area contributed by atoms with Gasteiger partial charge >= 0.3 is 5.97 Å². The van der Waals surface area contributed by atoms with Crippen LogP contribution in [-0.4, -0.2) is 62.3 Å². The van der Waals surface area contributed by atoms with Crippen molar-refractivity contribution in [1.82, 2.24) is 4.90 Å². The summed E-state index contributed by atoms with van der Waals surface area (Å²) in [6.07, 6.45) is -0.523. The number of rotatable bonds is 6. The molecule has 3 rings (SSSR count). The summed E-state index contributed by atoms with van der Waals surface area (Å²) in [6, 6.07) is 12.4. The van der Waals surface area contributed by atoms with Crippen LogP contribution in [0.2, 0.25) is 0 Å². The Kier molecular flexibility index (Phi) is 6.62. The fourth-order valence-electron chi connectivity index (χ4n) is 3.77. The lowest BCUT2D eigenvalue weighted by atomic mass is 9.87. The van der Waals surface area contributed by atoms with Gasteiger partial charge in [0.05, 0.1) is 7.11 Å². The molecule has 0 saturated carbocycles. The van der Waals surface area contributed by atoms with E-state index in [1.54, 1.807) is 30.2 Å². The van der Waals surface area contributed by atoms with Crippen molar-refractivity contribution < 1.29 is 24.2 Å². The molecule has 0 aliphatic carbocycles. The molecule has 1 amide bonds. The van der Waals surface area contributed by atoms with Gasteiger partial charge in [-0.15, -0.1) is 0 Å². The maximum Gasteiger partial charge on any atom is 0.303 e. The Balaban J connectivity index is 2.09. The van der Waals surface area contributed by atoms with Crippen LogP contribution in [0.15, 0.2) is 42.5 Å². The number of anilines is 1. The number of fused-ring (bicyclic) bond motifs is 1. The number of carbonyl (C=O) groups is 2. The molecule has 1 aliphatic rings. The lowest BCUT2D eigenvalue weighted by molar-refractivity contribution is -0.154. The van der Waals surface area contributed by atoms with Crippen LogP contribution in [0.25, 0.3) is 0 Å². The van der Waals surface area contributed by atoms with E-state index in [0.29, 0.717) is 25.3 Å². The van der Waals surface area contributed by atoms with Crippen molar-refractivity contribution in [2.45, 2.75) is 25.4 Å². The first-order valence-corrected chi connectivity index (χ1v) is 9.89. The third-order valence-electron chi connectivity index (χ3n) is 5.28. The fraction of sp³-hybridized carbons (Fsp3) is 0.391. The van der Waals surface area contributed by atoms with E-state index in [2.05, 4.69) is 0 Å². The zero-order valence-electron chi connectivity index (χ0n) is 17.8. The number of hydrogen-bond acceptors (Lipinski definition) is 6. The number of carbonyl (C=O) groups excluding carboxylic acids is 2. The third-order valence-corrected chi connectivity index (χ3v) is 5.28. The van der Waals surface area contributed by atoms with Gasteiger partial charge in [-0.2, -0.15) is 0 Å². The van der Waals surface area contributed by atoms with Crippen molar-refractivity contribution in [2.24, 2.45) is 0 Å². The minimum absolute atomic E-state index is 0.133. The number of ether oxygens (including phenoxy) is 2. The zero-order valence-corrected chi connectivity index (χ0v) is 17.8. The molecule has 1 aliphatic heterocycles. The van der Waals surface area contributed by atoms with Crippen LogP contribution >= 0.6 is 0 Å². The molecule has 0 fully saturated rings. The molecule has 0 aromatic heterocycles. The van der Waals surface area contributed by atoms with Gasteiger partial charge in [-0.1, -0.05) is 12.1 Å². The minimum atomic E-state index is -0.965. The average molecular weight is 412 g/mol. The van der Waals surface area contributed by atoms with E-state index in [-0.39, 0.29) is 11.7 Å². The predicted octanol–water partition coefficient (Wildman–Crippen LogP) is 2.57. The van der Waals surface area contributed by atoms with E-state index in [4.69, 9.17) is 9.47 Å². The van der Waals surface area contributed by atoms with Crippen LogP contribution in [0.3, 0.4) is 0 Å². The van der Waals surface area contributed by atoms with Crippen LogP contribution in [0, 0.1) is 0 Å². The Morgan fingerprint density at radius 1 is 1.20 bits per heavy atom. The average Bonchev–Trinajstić information content (AvgIpc) is 2.81. The van der Waals surface area contributed by atoms with E-state index in [1.807, 2.05) is 43.3 Å². The number of amides is 1. The first-order chi connectivity index (χ1) is 14.3. The van der Waals surface area contributed by atoms with Crippen molar-refractivity contribution in [3.05, 3.63) is 53.6 Å². The zero-order chi connectivity index (χ0) is 21.8. The molecule has 2 aromatic rings. The second-order valence-corrected chi connectivity index (χ2v) is 7.72. The van der Waals surface area contributed by atoms with Gasteiger partial charge in [0, 0.05) is 31.6 Å². The number of likely N-dealkylation sites (N-methyl/N-ethyl adjacent to an activating group) is 1. The monoisotopic (exact) mass is 412 g/mol. The van der Waals surface area contributed by atoms with Crippen LogP contribution in [0.1, 0.15) is 24.0 Å². The van der Waals surface area contributed by atoms with Crippen molar-refractivity contribution in [2.75, 3.05) is 39.2 Å². The van der Waals surface area contributed by atoms with Gasteiger partial charge in [0.1, 0.15) is 11.5 Å². The third kappa shape index (κ3) is 4.74. The normalized spacial score (nSPS) is 18.7. The van der Waals surface area contributed by atoms with Gasteiger partial charge in [0.2, 0.25) is 0 Å². The highest BCUT2D eigenvalue weighted by Crippen LogP contribution is 2.38. The first kappa shape index (κ1) is 21.6. The van der Waals surface area contributed by atoms with E-state index in [9.17, 15) is 14.7 Å². The molecule has 1 N–H and O–H groups in total. The maximum atomic E-state index is 13.6. The summed E-state index contributed by atoms with van der Waals surface area (Å²) in [5, 5.41) is 10.1. The molecule has 0 unspecified atom stereocenters. The summed E-state index contributed by atoms with van der Waals surface area (Å²) < 4.78 is 10.8. The van der Waals surface area contributed by atoms with Gasteiger partial charge in [-0.25, -0.2) is 0 Å². The van der Waals surface area contributed by atoms with Crippen LogP contribution < -0.4 is 9.64 Å². The highest BCUT2D eigenvalue weighted by molar-refractivity contribution is 6.00. The SMILES string of the molecule is COc1ccc([C@H]2Cc3cc(O)ccc3N(CCN(C)C)C(=O)[C@H]2OC(C)=O)cc1. The Morgan fingerprint density at radius 2 is 1.90 bits per heavy atom. The smallest absolute Gasteiger partial charge is 0.303 e. The number of phenols is 1. The number of methoxy groups -OCH3 is 1. The summed E-state index contributed by atoms with van der Waals surface area (Å²) >= 11 is 0. The number of nitrogens with zero attached hydrogens (tertiary/aromatic N) is 2. The Bertz CT molecular complexity index is 910. The maximum absolute atomic E-state index is 13.6. The minimum Gasteiger partial charge on any atom is -0.508 e. The molecule has 2 aromatic carbocycles. The van der Waals surface area contributed by atoms with Gasteiger partial charge < -0.3 is 24.4 Å². The summed E-state index contributed by atoms with van der Waals surface area (Å²) in [5.41, 5.74) is 2.42. The van der Waals surface area contributed by atoms with Gasteiger partial charge in [-0.05, 0) is 62.0 Å². The lowest BCUT2D eigenvalue weighted by Gasteiger charge is -2.29. The predicted molar refractivity (Wildman–Crippen MR) is 114 cm³/mol. The molecule has 30 heavy (non-hydrogen) atoms. The summed E-state index contributed by atoms with van der Waals surface area (Å²) in [4.78, 5) is 29.1. The highest BCUT2D eigenvalue weighted by Gasteiger charge is 2.40. The second-order valence-electron chi connectivity index (χ2n) is 7.72. The summed E-state index contributed by atoms with van der Waals surface area (Å²) in [6.45, 7) is 2.40. The van der Waals surface area contributed by atoms with Crippen LogP contribution in [0.5, 0.6) is 11.5 Å². The fourth-order valence-corrected chi connectivity index (χ4v) is 3.77. The van der Waals surface area contributed by atoms with Gasteiger partial charge in [0.25, 0.3) is 5.91 Å². The molecule has 0 saturated heterocycles. The van der Waals surface area contributed by atoms with E-state index < -0.39 is 18.0 Å². The molecule has 0 radical (unpaired) electrons. The van der Waals surface area contributed by atoms with E-state index in [0.717, 1.165) is 16.8 Å². The molecular weight excluding hydrogens is 384 g/mol. The molecule has 2 atom stereocenters. The lowest BCUT2D eigenvalue weighted by Crippen LogP contribution is -2.45. The molecule has 160 valence electrons. The standard InChI is InChI=1S/C23H28N2O5/c1-15(26)30-22-20(16-5-8-19(29-4)9-6-16)14-17-13-18(27)7-10-21(17)25(23(22)28)12-11-24(2)3/h5-10,13,20,22,27H,11-12,14H2,1-4H3/t20-,22+/m1/s1. The largest absolute Gasteiger partial charge is 0.508 e. The first-order valence-electron chi connectivity index (χ1n) is 9.89. The van der Waals surface area contributed by atoms with Gasteiger partial charge in [0.15, 0.2) is 6.10 Å². The van der Waals surface area contributed by atoms with E-state index >= 15 is 0 Å². The van der Waals surface area contributed by atoms with Crippen molar-refractivity contribution >= 4 is 17.6 Å². The number of hydrogen-bond donors (Lipinski definition) is 1. The quantitative estimate of drug-likeness (QED) is 0.735. The molecule has 1 heterocycles. The number of esters is 1. The molecule has 7 nitrogen and oxygen atoms in total. The second kappa shape index (κ2) is 9.17. The van der Waals surface area contributed by atoms with Crippen molar-refractivity contribution in [1.29, 1.82) is 0 Å². The molecule has 7 heteroatoms. The molecule has 0 spiro atoms.